The molecule has 2 heterocycles. The SMILES string of the molecule is Cn1ncc2c3cc(C(=O)O)ccc3nc(N)c21. The van der Waals surface area contributed by atoms with Crippen LogP contribution in [0.25, 0.3) is 21.8 Å². The van der Waals surface area contributed by atoms with Crippen LogP contribution in [-0.4, -0.2) is 25.8 Å². The number of carboxylic acids is 1. The lowest BCUT2D eigenvalue weighted by Crippen LogP contribution is -1.99. The van der Waals surface area contributed by atoms with Crippen molar-refractivity contribution in [2.45, 2.75) is 0 Å². The number of nitrogens with two attached hydrogens (primary N) is 1. The Hall–Kier alpha value is -2.63. The minimum atomic E-state index is -0.967. The molecule has 0 amide bonds. The number of aromatic nitrogens is 3. The highest BCUT2D eigenvalue weighted by molar-refractivity contribution is 6.09. The Morgan fingerprint density at radius 2 is 2.17 bits per heavy atom. The zero-order valence-corrected chi connectivity index (χ0v) is 9.58. The summed E-state index contributed by atoms with van der Waals surface area (Å²) in [6.07, 6.45) is 1.67. The van der Waals surface area contributed by atoms with Gasteiger partial charge in [-0.15, -0.1) is 0 Å². The Morgan fingerprint density at radius 1 is 1.39 bits per heavy atom. The summed E-state index contributed by atoms with van der Waals surface area (Å²) < 4.78 is 1.63. The summed E-state index contributed by atoms with van der Waals surface area (Å²) in [5, 5.41) is 14.7. The van der Waals surface area contributed by atoms with Crippen LogP contribution in [0.5, 0.6) is 0 Å². The first-order chi connectivity index (χ1) is 8.58. The zero-order chi connectivity index (χ0) is 12.9. The number of carboxylic acid groups (broad SMARTS) is 1. The second-order valence-corrected chi connectivity index (χ2v) is 4.06. The van der Waals surface area contributed by atoms with Gasteiger partial charge >= 0.3 is 5.97 Å². The summed E-state index contributed by atoms with van der Waals surface area (Å²) >= 11 is 0. The fourth-order valence-electron chi connectivity index (χ4n) is 2.10. The summed E-state index contributed by atoms with van der Waals surface area (Å²) in [6, 6.07) is 4.76. The Balaban J connectivity index is 2.50. The van der Waals surface area contributed by atoms with Crippen LogP contribution in [-0.2, 0) is 7.05 Å². The van der Waals surface area contributed by atoms with E-state index in [9.17, 15) is 4.79 Å². The number of aromatic carboxylic acids is 1. The molecule has 3 N–H and O–H groups in total. The first kappa shape index (κ1) is 10.5. The van der Waals surface area contributed by atoms with Crippen LogP contribution in [0.2, 0.25) is 0 Å². The fourth-order valence-corrected chi connectivity index (χ4v) is 2.10. The van der Waals surface area contributed by atoms with Crippen LogP contribution in [0.3, 0.4) is 0 Å². The first-order valence-electron chi connectivity index (χ1n) is 5.32. The van der Waals surface area contributed by atoms with E-state index < -0.39 is 5.97 Å². The molecule has 0 aliphatic rings. The Labute approximate surface area is 102 Å². The van der Waals surface area contributed by atoms with Crippen LogP contribution in [0.4, 0.5) is 5.82 Å². The number of rotatable bonds is 1. The lowest BCUT2D eigenvalue weighted by molar-refractivity contribution is 0.0697. The quantitative estimate of drug-likeness (QED) is 0.672. The van der Waals surface area contributed by atoms with Gasteiger partial charge in [0.15, 0.2) is 0 Å². The van der Waals surface area contributed by atoms with E-state index in [0.717, 1.165) is 10.8 Å². The van der Waals surface area contributed by atoms with Crippen LogP contribution in [0.1, 0.15) is 10.4 Å². The first-order valence-corrected chi connectivity index (χ1v) is 5.32. The van der Waals surface area contributed by atoms with E-state index >= 15 is 0 Å². The number of nitrogens with zero attached hydrogens (tertiary/aromatic N) is 3. The standard InChI is InChI=1S/C12H10N4O2/c1-16-10-8(5-14-16)7-4-6(12(17)18)2-3-9(7)15-11(10)13/h2-5H,1H3,(H2,13,15)(H,17,18). The summed E-state index contributed by atoms with van der Waals surface area (Å²) in [5.41, 5.74) is 7.48. The molecule has 6 nitrogen and oxygen atoms in total. The van der Waals surface area contributed by atoms with Gasteiger partial charge in [-0.2, -0.15) is 5.10 Å². The Kier molecular flexibility index (Phi) is 2.00. The van der Waals surface area contributed by atoms with E-state index in [2.05, 4.69) is 10.1 Å². The lowest BCUT2D eigenvalue weighted by atomic mass is 10.1. The van der Waals surface area contributed by atoms with Crippen LogP contribution in [0.15, 0.2) is 24.4 Å². The number of anilines is 1. The normalized spacial score (nSPS) is 11.2. The van der Waals surface area contributed by atoms with Crippen molar-refractivity contribution >= 4 is 33.6 Å². The average Bonchev–Trinajstić information content (AvgIpc) is 2.72. The van der Waals surface area contributed by atoms with Crippen LogP contribution in [0, 0.1) is 0 Å². The van der Waals surface area contributed by atoms with Crippen molar-refractivity contribution in [3.63, 3.8) is 0 Å². The van der Waals surface area contributed by atoms with Gasteiger partial charge in [-0.1, -0.05) is 0 Å². The molecule has 90 valence electrons. The zero-order valence-electron chi connectivity index (χ0n) is 9.58. The van der Waals surface area contributed by atoms with E-state index in [1.54, 1.807) is 30.1 Å². The molecule has 0 atom stereocenters. The molecule has 0 aliphatic heterocycles. The molecule has 18 heavy (non-hydrogen) atoms. The van der Waals surface area contributed by atoms with Crippen LogP contribution < -0.4 is 5.73 Å². The van der Waals surface area contributed by atoms with Gasteiger partial charge in [-0.25, -0.2) is 9.78 Å². The number of nitrogen functional groups attached to an aromatic ring is 1. The second kappa shape index (κ2) is 3.43. The maximum Gasteiger partial charge on any atom is 0.335 e. The van der Waals surface area contributed by atoms with E-state index in [1.165, 1.54) is 6.07 Å². The molecule has 0 radical (unpaired) electrons. The maximum absolute atomic E-state index is 11.0. The average molecular weight is 242 g/mol. The molecule has 0 bridgehead atoms. The third kappa shape index (κ3) is 1.32. The molecule has 1 aromatic carbocycles. The summed E-state index contributed by atoms with van der Waals surface area (Å²) in [5.74, 6) is -0.577. The maximum atomic E-state index is 11.0. The molecule has 0 spiro atoms. The van der Waals surface area contributed by atoms with E-state index in [1.807, 2.05) is 0 Å². The summed E-state index contributed by atoms with van der Waals surface area (Å²) in [7, 11) is 1.77. The summed E-state index contributed by atoms with van der Waals surface area (Å²) in [4.78, 5) is 15.2. The number of benzene rings is 1. The largest absolute Gasteiger partial charge is 0.478 e. The second-order valence-electron chi connectivity index (χ2n) is 4.06. The number of pyridine rings is 1. The van der Waals surface area contributed by atoms with Crippen molar-refractivity contribution in [2.24, 2.45) is 7.05 Å². The van der Waals surface area contributed by atoms with Gasteiger partial charge in [0.1, 0.15) is 11.3 Å². The van der Waals surface area contributed by atoms with Gasteiger partial charge in [-0.05, 0) is 18.2 Å². The molecule has 0 saturated heterocycles. The van der Waals surface area contributed by atoms with E-state index in [4.69, 9.17) is 10.8 Å². The fraction of sp³-hybridized carbons (Fsp3) is 0.0833. The molecule has 0 fully saturated rings. The smallest absolute Gasteiger partial charge is 0.335 e. The van der Waals surface area contributed by atoms with Crippen molar-refractivity contribution in [1.82, 2.24) is 14.8 Å². The van der Waals surface area contributed by atoms with Gasteiger partial charge in [0, 0.05) is 17.8 Å². The number of fused-ring (bicyclic) bond motifs is 3. The predicted octanol–water partition coefficient (Wildman–Crippen LogP) is 1.40. The summed E-state index contributed by atoms with van der Waals surface area (Å²) in [6.45, 7) is 0. The monoisotopic (exact) mass is 242 g/mol. The number of hydrogen-bond acceptors (Lipinski definition) is 4. The van der Waals surface area contributed by atoms with Crippen molar-refractivity contribution in [2.75, 3.05) is 5.73 Å². The van der Waals surface area contributed by atoms with Gasteiger partial charge < -0.3 is 10.8 Å². The topological polar surface area (TPSA) is 94.0 Å². The minimum Gasteiger partial charge on any atom is -0.478 e. The Morgan fingerprint density at radius 3 is 2.89 bits per heavy atom. The number of carbonyl (C=O) groups is 1. The molecule has 0 unspecified atom stereocenters. The van der Waals surface area contributed by atoms with E-state index in [0.29, 0.717) is 16.9 Å². The number of aryl methyl sites for hydroxylation is 1. The van der Waals surface area contributed by atoms with Gasteiger partial charge in [0.2, 0.25) is 0 Å². The van der Waals surface area contributed by atoms with Crippen molar-refractivity contribution in [3.8, 4) is 0 Å². The molecule has 3 rings (SSSR count). The third-order valence-corrected chi connectivity index (χ3v) is 2.96. The van der Waals surface area contributed by atoms with E-state index in [-0.39, 0.29) is 5.56 Å². The van der Waals surface area contributed by atoms with Gasteiger partial charge in [0.25, 0.3) is 0 Å². The van der Waals surface area contributed by atoms with Gasteiger partial charge in [0.05, 0.1) is 17.3 Å². The Bertz CT molecular complexity index is 791. The highest BCUT2D eigenvalue weighted by Crippen LogP contribution is 2.27. The molecular weight excluding hydrogens is 232 g/mol. The highest BCUT2D eigenvalue weighted by atomic mass is 16.4. The molecule has 6 heteroatoms. The third-order valence-electron chi connectivity index (χ3n) is 2.96. The van der Waals surface area contributed by atoms with Crippen LogP contribution >= 0.6 is 0 Å². The highest BCUT2D eigenvalue weighted by Gasteiger charge is 2.12. The molecular formula is C12H10N4O2. The van der Waals surface area contributed by atoms with Crippen molar-refractivity contribution in [1.29, 1.82) is 0 Å². The lowest BCUT2D eigenvalue weighted by Gasteiger charge is -2.04. The number of hydrogen-bond donors (Lipinski definition) is 2. The van der Waals surface area contributed by atoms with Crippen molar-refractivity contribution < 1.29 is 9.90 Å². The minimum absolute atomic E-state index is 0.222. The molecule has 2 aromatic heterocycles. The molecule has 3 aromatic rings. The molecule has 0 saturated carbocycles. The van der Waals surface area contributed by atoms with Crippen molar-refractivity contribution in [3.05, 3.63) is 30.0 Å². The van der Waals surface area contributed by atoms with Gasteiger partial charge in [-0.3, -0.25) is 4.68 Å². The molecule has 0 aliphatic carbocycles. The predicted molar refractivity (Wildman–Crippen MR) is 67.4 cm³/mol.